The summed E-state index contributed by atoms with van der Waals surface area (Å²) in [7, 11) is 0. The largest absolute Gasteiger partial charge is 0.393 e. The number of allylic oxidation sites excluding steroid dienone is 1. The van der Waals surface area contributed by atoms with Crippen LogP contribution in [0.1, 0.15) is 98.3 Å². The Morgan fingerprint density at radius 1 is 1.04 bits per heavy atom. The van der Waals surface area contributed by atoms with Crippen LogP contribution in [0.25, 0.3) is 0 Å². The zero-order valence-electron chi connectivity index (χ0n) is 18.4. The van der Waals surface area contributed by atoms with Crippen LogP contribution in [0, 0.1) is 46.8 Å². The van der Waals surface area contributed by atoms with Gasteiger partial charge in [0.25, 0.3) is 0 Å². The highest BCUT2D eigenvalue weighted by Crippen LogP contribution is 2.64. The molecule has 0 saturated heterocycles. The molecule has 0 aromatic rings. The van der Waals surface area contributed by atoms with E-state index in [4.69, 9.17) is 0 Å². The SMILES string of the molecule is CC(C)CCC[C@H](C)[C@H]1CCC2C3CC=C4C[C@@H](O)CCC4C3CC[C@@]21C. The maximum atomic E-state index is 10.1. The van der Waals surface area contributed by atoms with Gasteiger partial charge in [-0.1, -0.05) is 58.6 Å². The highest BCUT2D eigenvalue weighted by Gasteiger charge is 2.56. The van der Waals surface area contributed by atoms with Crippen molar-refractivity contribution in [1.29, 1.82) is 0 Å². The molecule has 1 heteroatoms. The summed E-state index contributed by atoms with van der Waals surface area (Å²) in [6.07, 6.45) is 17.3. The second kappa shape index (κ2) is 7.85. The Balaban J connectivity index is 1.45. The van der Waals surface area contributed by atoms with Gasteiger partial charge in [0.1, 0.15) is 0 Å². The van der Waals surface area contributed by atoms with Gasteiger partial charge in [0.2, 0.25) is 0 Å². The molecule has 154 valence electrons. The first kappa shape index (κ1) is 20.0. The van der Waals surface area contributed by atoms with Crippen molar-refractivity contribution in [3.05, 3.63) is 11.6 Å². The maximum Gasteiger partial charge on any atom is 0.0577 e. The van der Waals surface area contributed by atoms with Crippen molar-refractivity contribution in [1.82, 2.24) is 0 Å². The quantitative estimate of drug-likeness (QED) is 0.515. The lowest BCUT2D eigenvalue weighted by Crippen LogP contribution is -2.47. The smallest absolute Gasteiger partial charge is 0.0577 e. The van der Waals surface area contributed by atoms with Crippen LogP contribution in [0.5, 0.6) is 0 Å². The summed E-state index contributed by atoms with van der Waals surface area (Å²) < 4.78 is 0. The fourth-order valence-electron chi connectivity index (χ4n) is 8.27. The zero-order chi connectivity index (χ0) is 19.2. The van der Waals surface area contributed by atoms with E-state index in [1.807, 2.05) is 0 Å². The van der Waals surface area contributed by atoms with Gasteiger partial charge in [-0.15, -0.1) is 0 Å². The minimum atomic E-state index is -0.0551. The summed E-state index contributed by atoms with van der Waals surface area (Å²) in [4.78, 5) is 0. The Morgan fingerprint density at radius 3 is 2.63 bits per heavy atom. The Hall–Kier alpha value is -0.300. The minimum absolute atomic E-state index is 0.0551. The molecule has 0 amide bonds. The molecule has 0 aliphatic heterocycles. The second-order valence-corrected chi connectivity index (χ2v) is 11.5. The van der Waals surface area contributed by atoms with Crippen molar-refractivity contribution in [3.63, 3.8) is 0 Å². The molecule has 4 aliphatic rings. The lowest BCUT2D eigenvalue weighted by molar-refractivity contribution is -0.0294. The normalized spacial score (nSPS) is 45.0. The number of aliphatic hydroxyl groups excluding tert-OH is 1. The van der Waals surface area contributed by atoms with Crippen molar-refractivity contribution < 1.29 is 5.11 Å². The average Bonchev–Trinajstić information content (AvgIpc) is 2.98. The molecule has 0 spiro atoms. The van der Waals surface area contributed by atoms with Crippen LogP contribution in [-0.2, 0) is 0 Å². The van der Waals surface area contributed by atoms with E-state index in [0.29, 0.717) is 5.41 Å². The molecule has 0 radical (unpaired) electrons. The molecule has 1 nitrogen and oxygen atoms in total. The van der Waals surface area contributed by atoms with Crippen LogP contribution in [0.15, 0.2) is 11.6 Å². The highest BCUT2D eigenvalue weighted by molar-refractivity contribution is 5.20. The second-order valence-electron chi connectivity index (χ2n) is 11.5. The van der Waals surface area contributed by atoms with Crippen LogP contribution < -0.4 is 0 Å². The van der Waals surface area contributed by atoms with Gasteiger partial charge >= 0.3 is 0 Å². The monoisotopic (exact) mass is 372 g/mol. The predicted octanol–water partition coefficient (Wildman–Crippen LogP) is 7.00. The van der Waals surface area contributed by atoms with Crippen LogP contribution >= 0.6 is 0 Å². The minimum Gasteiger partial charge on any atom is -0.393 e. The van der Waals surface area contributed by atoms with Gasteiger partial charge in [0.05, 0.1) is 6.10 Å². The number of fused-ring (bicyclic) bond motifs is 5. The fraction of sp³-hybridized carbons (Fsp3) is 0.923. The number of aliphatic hydroxyl groups is 1. The Kier molecular flexibility index (Phi) is 5.81. The molecule has 1 N–H and O–H groups in total. The van der Waals surface area contributed by atoms with Crippen molar-refractivity contribution in [2.24, 2.45) is 46.8 Å². The number of rotatable bonds is 5. The summed E-state index contributed by atoms with van der Waals surface area (Å²) in [6, 6.07) is 0. The van der Waals surface area contributed by atoms with E-state index < -0.39 is 0 Å². The molecule has 4 aliphatic carbocycles. The van der Waals surface area contributed by atoms with Crippen LogP contribution in [0.3, 0.4) is 0 Å². The molecule has 0 aromatic heterocycles. The predicted molar refractivity (Wildman–Crippen MR) is 114 cm³/mol. The van der Waals surface area contributed by atoms with Gasteiger partial charge in [0, 0.05) is 0 Å². The third kappa shape index (κ3) is 3.67. The molecule has 3 fully saturated rings. The Labute approximate surface area is 168 Å². The molecule has 4 rings (SSSR count). The van der Waals surface area contributed by atoms with Crippen LogP contribution in [0.2, 0.25) is 0 Å². The highest BCUT2D eigenvalue weighted by atomic mass is 16.3. The molecule has 27 heavy (non-hydrogen) atoms. The Morgan fingerprint density at radius 2 is 1.85 bits per heavy atom. The molecule has 0 bridgehead atoms. The van der Waals surface area contributed by atoms with Gasteiger partial charge in [-0.05, 0) is 98.2 Å². The van der Waals surface area contributed by atoms with E-state index in [-0.39, 0.29) is 6.10 Å². The molecule has 0 heterocycles. The van der Waals surface area contributed by atoms with Crippen molar-refractivity contribution >= 4 is 0 Å². The van der Waals surface area contributed by atoms with E-state index in [1.165, 1.54) is 57.8 Å². The van der Waals surface area contributed by atoms with E-state index in [9.17, 15) is 5.11 Å². The summed E-state index contributed by atoms with van der Waals surface area (Å²) in [5.41, 5.74) is 2.24. The molecule has 4 unspecified atom stereocenters. The third-order valence-corrected chi connectivity index (χ3v) is 9.62. The van der Waals surface area contributed by atoms with E-state index in [2.05, 4.69) is 33.8 Å². The molecule has 3 saturated carbocycles. The van der Waals surface area contributed by atoms with Gasteiger partial charge in [-0.2, -0.15) is 0 Å². The summed E-state index contributed by atoms with van der Waals surface area (Å²) in [6.45, 7) is 10.0. The number of hydrogen-bond donors (Lipinski definition) is 1. The molecule has 0 aromatic carbocycles. The summed E-state index contributed by atoms with van der Waals surface area (Å²) in [5, 5.41) is 10.1. The average molecular weight is 373 g/mol. The third-order valence-electron chi connectivity index (χ3n) is 9.62. The summed E-state index contributed by atoms with van der Waals surface area (Å²) in [5.74, 6) is 6.41. The molecule has 8 atom stereocenters. The lowest BCUT2D eigenvalue weighted by Gasteiger charge is -2.54. The summed E-state index contributed by atoms with van der Waals surface area (Å²) >= 11 is 0. The van der Waals surface area contributed by atoms with Gasteiger partial charge < -0.3 is 5.11 Å². The van der Waals surface area contributed by atoms with E-state index in [1.54, 1.807) is 5.57 Å². The van der Waals surface area contributed by atoms with Crippen molar-refractivity contribution in [2.45, 2.75) is 104 Å². The van der Waals surface area contributed by atoms with Crippen molar-refractivity contribution in [3.8, 4) is 0 Å². The van der Waals surface area contributed by atoms with Gasteiger partial charge in [-0.3, -0.25) is 0 Å². The topological polar surface area (TPSA) is 20.2 Å². The Bertz CT molecular complexity index is 548. The zero-order valence-corrected chi connectivity index (χ0v) is 18.4. The fourth-order valence-corrected chi connectivity index (χ4v) is 8.27. The van der Waals surface area contributed by atoms with Crippen molar-refractivity contribution in [2.75, 3.05) is 0 Å². The first-order valence-electron chi connectivity index (χ1n) is 12.3. The molecular formula is C26H44O. The molecular weight excluding hydrogens is 328 g/mol. The van der Waals surface area contributed by atoms with Gasteiger partial charge in [-0.25, -0.2) is 0 Å². The van der Waals surface area contributed by atoms with E-state index >= 15 is 0 Å². The lowest BCUT2D eigenvalue weighted by atomic mass is 9.51. The van der Waals surface area contributed by atoms with Crippen LogP contribution in [0.4, 0.5) is 0 Å². The van der Waals surface area contributed by atoms with Gasteiger partial charge in [0.15, 0.2) is 0 Å². The first-order valence-corrected chi connectivity index (χ1v) is 12.3. The van der Waals surface area contributed by atoms with Crippen LogP contribution in [-0.4, -0.2) is 11.2 Å². The maximum absolute atomic E-state index is 10.1. The standard InChI is InChI=1S/C26H44O/c1-17(2)6-5-7-18(3)24-12-13-25-23-10-8-19-16-20(27)9-11-21(19)22(23)14-15-26(24,25)4/h8,17-18,20-25,27H,5-7,9-16H2,1-4H3/t18-,20-,21?,22?,23?,24+,25?,26+/m0/s1. The first-order chi connectivity index (χ1) is 12.9. The number of hydrogen-bond acceptors (Lipinski definition) is 1. The van der Waals surface area contributed by atoms with E-state index in [0.717, 1.165) is 54.3 Å².